The molecule has 0 aliphatic heterocycles. The molecule has 0 spiro atoms. The molecule has 0 radical (unpaired) electrons. The van der Waals surface area contributed by atoms with Gasteiger partial charge in [-0.2, -0.15) is 0 Å². The Morgan fingerprint density at radius 3 is 2.83 bits per heavy atom. The van der Waals surface area contributed by atoms with E-state index in [9.17, 15) is 0 Å². The Labute approximate surface area is 111 Å². The minimum absolute atomic E-state index is 0.674. The highest BCUT2D eigenvalue weighted by atomic mass is 14.9. The van der Waals surface area contributed by atoms with Gasteiger partial charge in [0.25, 0.3) is 0 Å². The van der Waals surface area contributed by atoms with E-state index in [1.807, 2.05) is 6.08 Å². The maximum Gasteiger partial charge on any atom is 0.0104 e. The van der Waals surface area contributed by atoms with E-state index in [4.69, 9.17) is 0 Å². The van der Waals surface area contributed by atoms with E-state index in [0.717, 1.165) is 24.8 Å². The zero-order valence-corrected chi connectivity index (χ0v) is 11.4. The van der Waals surface area contributed by atoms with Crippen molar-refractivity contribution in [1.29, 1.82) is 0 Å². The van der Waals surface area contributed by atoms with Gasteiger partial charge >= 0.3 is 0 Å². The first-order valence-electron chi connectivity index (χ1n) is 7.26. The van der Waals surface area contributed by atoms with Crippen LogP contribution in [0.25, 0.3) is 0 Å². The molecule has 98 valence electrons. The van der Waals surface area contributed by atoms with Crippen LogP contribution in [0.15, 0.2) is 43.0 Å². The van der Waals surface area contributed by atoms with Crippen molar-refractivity contribution in [1.82, 2.24) is 5.32 Å². The maximum absolute atomic E-state index is 3.84. The molecule has 3 unspecified atom stereocenters. The summed E-state index contributed by atoms with van der Waals surface area (Å²) >= 11 is 0. The molecule has 0 amide bonds. The Morgan fingerprint density at radius 1 is 1.39 bits per heavy atom. The molecule has 1 N–H and O–H groups in total. The standard InChI is InChI=1S/C17H25N/c1-3-5-11-17(18-12-4-2)16-13-15(16)14-9-7-6-8-10-14/h3,6-10,15-18H,1,4-5,11-13H2,2H3. The molecule has 1 saturated carbocycles. The van der Waals surface area contributed by atoms with Crippen LogP contribution < -0.4 is 5.32 Å². The third-order valence-electron chi connectivity index (χ3n) is 3.92. The number of nitrogens with one attached hydrogen (secondary N) is 1. The third kappa shape index (κ3) is 3.46. The van der Waals surface area contributed by atoms with E-state index in [0.29, 0.717) is 6.04 Å². The summed E-state index contributed by atoms with van der Waals surface area (Å²) in [4.78, 5) is 0. The van der Waals surface area contributed by atoms with Gasteiger partial charge in [-0.1, -0.05) is 43.3 Å². The smallest absolute Gasteiger partial charge is 0.0104 e. The zero-order valence-electron chi connectivity index (χ0n) is 11.4. The lowest BCUT2D eigenvalue weighted by Crippen LogP contribution is -2.32. The molecular weight excluding hydrogens is 218 g/mol. The van der Waals surface area contributed by atoms with Gasteiger partial charge < -0.3 is 5.32 Å². The molecular formula is C17H25N. The molecule has 0 saturated heterocycles. The molecule has 1 aromatic rings. The van der Waals surface area contributed by atoms with E-state index in [-0.39, 0.29) is 0 Å². The van der Waals surface area contributed by atoms with Gasteiger partial charge in [0, 0.05) is 6.04 Å². The van der Waals surface area contributed by atoms with Crippen molar-refractivity contribution in [3.05, 3.63) is 48.6 Å². The number of benzene rings is 1. The first-order chi connectivity index (χ1) is 8.86. The lowest BCUT2D eigenvalue weighted by Gasteiger charge is -2.18. The summed E-state index contributed by atoms with van der Waals surface area (Å²) < 4.78 is 0. The van der Waals surface area contributed by atoms with E-state index in [1.54, 1.807) is 0 Å². The van der Waals surface area contributed by atoms with Gasteiger partial charge in [0.2, 0.25) is 0 Å². The van der Waals surface area contributed by atoms with Crippen LogP contribution in [-0.4, -0.2) is 12.6 Å². The second kappa shape index (κ2) is 6.75. The van der Waals surface area contributed by atoms with E-state index >= 15 is 0 Å². The normalized spacial score (nSPS) is 23.6. The third-order valence-corrected chi connectivity index (χ3v) is 3.92. The van der Waals surface area contributed by atoms with Crippen molar-refractivity contribution in [2.75, 3.05) is 6.54 Å². The maximum atomic E-state index is 3.84. The molecule has 1 aliphatic carbocycles. The molecule has 1 fully saturated rings. The molecule has 0 aromatic heterocycles. The monoisotopic (exact) mass is 243 g/mol. The highest BCUT2D eigenvalue weighted by Gasteiger charge is 2.42. The molecule has 2 rings (SSSR count). The van der Waals surface area contributed by atoms with Crippen molar-refractivity contribution >= 4 is 0 Å². The molecule has 0 bridgehead atoms. The Bertz CT molecular complexity index is 357. The fourth-order valence-corrected chi connectivity index (χ4v) is 2.84. The van der Waals surface area contributed by atoms with Crippen molar-refractivity contribution in [3.63, 3.8) is 0 Å². The Hall–Kier alpha value is -1.08. The zero-order chi connectivity index (χ0) is 12.8. The highest BCUT2D eigenvalue weighted by Crippen LogP contribution is 2.50. The fourth-order valence-electron chi connectivity index (χ4n) is 2.84. The van der Waals surface area contributed by atoms with Crippen LogP contribution >= 0.6 is 0 Å². The number of hydrogen-bond acceptors (Lipinski definition) is 1. The van der Waals surface area contributed by atoms with Gasteiger partial charge in [-0.25, -0.2) is 0 Å². The van der Waals surface area contributed by atoms with Gasteiger partial charge in [-0.15, -0.1) is 6.58 Å². The summed E-state index contributed by atoms with van der Waals surface area (Å²) in [5, 5.41) is 3.72. The van der Waals surface area contributed by atoms with Crippen molar-refractivity contribution in [2.24, 2.45) is 5.92 Å². The summed E-state index contributed by atoms with van der Waals surface area (Å²) in [6.45, 7) is 7.22. The predicted molar refractivity (Wildman–Crippen MR) is 78.8 cm³/mol. The molecule has 18 heavy (non-hydrogen) atoms. The minimum Gasteiger partial charge on any atom is -0.314 e. The largest absolute Gasteiger partial charge is 0.314 e. The van der Waals surface area contributed by atoms with Gasteiger partial charge in [0.15, 0.2) is 0 Å². The minimum atomic E-state index is 0.674. The lowest BCUT2D eigenvalue weighted by atomic mass is 10.0. The summed E-state index contributed by atoms with van der Waals surface area (Å²) in [5.41, 5.74) is 1.52. The van der Waals surface area contributed by atoms with Gasteiger partial charge in [0.05, 0.1) is 0 Å². The van der Waals surface area contributed by atoms with E-state index < -0.39 is 0 Å². The number of rotatable bonds is 8. The summed E-state index contributed by atoms with van der Waals surface area (Å²) in [5.74, 6) is 1.62. The van der Waals surface area contributed by atoms with Crippen LogP contribution in [0.5, 0.6) is 0 Å². The molecule has 3 atom stereocenters. The van der Waals surface area contributed by atoms with Crippen molar-refractivity contribution in [3.8, 4) is 0 Å². The summed E-state index contributed by atoms with van der Waals surface area (Å²) in [6, 6.07) is 11.6. The first-order valence-corrected chi connectivity index (χ1v) is 7.26. The molecule has 1 heteroatoms. The summed E-state index contributed by atoms with van der Waals surface area (Å²) in [6.07, 6.45) is 6.97. The van der Waals surface area contributed by atoms with Crippen LogP contribution in [0, 0.1) is 5.92 Å². The van der Waals surface area contributed by atoms with Crippen LogP contribution in [0.2, 0.25) is 0 Å². The molecule has 1 nitrogen and oxygen atoms in total. The van der Waals surface area contributed by atoms with E-state index in [2.05, 4.69) is 49.2 Å². The first kappa shape index (κ1) is 13.4. The number of allylic oxidation sites excluding steroid dienone is 1. The van der Waals surface area contributed by atoms with Crippen LogP contribution in [0.3, 0.4) is 0 Å². The van der Waals surface area contributed by atoms with Crippen molar-refractivity contribution in [2.45, 2.75) is 44.6 Å². The Morgan fingerprint density at radius 2 is 2.17 bits per heavy atom. The van der Waals surface area contributed by atoms with Gasteiger partial charge in [0.1, 0.15) is 0 Å². The Balaban J connectivity index is 1.90. The van der Waals surface area contributed by atoms with Crippen LogP contribution in [0.4, 0.5) is 0 Å². The fraction of sp³-hybridized carbons (Fsp3) is 0.529. The highest BCUT2D eigenvalue weighted by molar-refractivity contribution is 5.26. The quantitative estimate of drug-likeness (QED) is 0.677. The molecule has 1 aromatic carbocycles. The molecule has 1 aliphatic rings. The number of hydrogen-bond donors (Lipinski definition) is 1. The average Bonchev–Trinajstić information content (AvgIpc) is 3.20. The SMILES string of the molecule is C=CCCC(NCCC)C1CC1c1ccccc1. The average molecular weight is 243 g/mol. The second-order valence-electron chi connectivity index (χ2n) is 5.34. The lowest BCUT2D eigenvalue weighted by molar-refractivity contribution is 0.432. The summed E-state index contributed by atoms with van der Waals surface area (Å²) in [7, 11) is 0. The topological polar surface area (TPSA) is 12.0 Å². The second-order valence-corrected chi connectivity index (χ2v) is 5.34. The van der Waals surface area contributed by atoms with Crippen LogP contribution in [0.1, 0.15) is 44.1 Å². The van der Waals surface area contributed by atoms with Crippen LogP contribution in [-0.2, 0) is 0 Å². The van der Waals surface area contributed by atoms with Gasteiger partial charge in [-0.05, 0) is 49.6 Å². The molecule has 0 heterocycles. The predicted octanol–water partition coefficient (Wildman–Crippen LogP) is 4.12. The van der Waals surface area contributed by atoms with Gasteiger partial charge in [-0.3, -0.25) is 0 Å². The van der Waals surface area contributed by atoms with Crippen molar-refractivity contribution < 1.29 is 0 Å². The van der Waals surface area contributed by atoms with E-state index in [1.165, 1.54) is 24.8 Å². The Kier molecular flexibility index (Phi) is 5.00.